The third kappa shape index (κ3) is 20.6. The molecule has 0 unspecified atom stereocenters. The fraction of sp³-hybridized carbons (Fsp3) is 0.783. The van der Waals surface area contributed by atoms with E-state index in [-0.39, 0.29) is 49.9 Å². The van der Waals surface area contributed by atoms with E-state index in [0.717, 1.165) is 14.7 Å². The Morgan fingerprint density at radius 2 is 0.928 bits per heavy atom. The smallest absolute Gasteiger partial charge is 0.246 e. The summed E-state index contributed by atoms with van der Waals surface area (Å²) in [7, 11) is 9.83. The summed E-state index contributed by atoms with van der Waals surface area (Å²) in [6, 6.07) is -12.3. The quantitative estimate of drug-likeness (QED) is 0.157. The van der Waals surface area contributed by atoms with Gasteiger partial charge in [0.25, 0.3) is 0 Å². The molecule has 5 N–H and O–H groups in total. The molecule has 0 saturated carbocycles. The summed E-state index contributed by atoms with van der Waals surface area (Å²) in [4.78, 5) is 167. The summed E-state index contributed by atoms with van der Waals surface area (Å²) in [6.07, 6.45) is 2.98. The van der Waals surface area contributed by atoms with Crippen LogP contribution in [0.2, 0.25) is 0 Å². The Morgan fingerprint density at radius 1 is 0.482 bits per heavy atom. The molecule has 1 heterocycles. The molecule has 11 amide bonds. The Hall–Kier alpha value is -6.13. The highest BCUT2D eigenvalue weighted by Gasteiger charge is 2.45. The third-order valence-electron chi connectivity index (χ3n) is 15.9. The van der Waals surface area contributed by atoms with Gasteiger partial charge in [-0.15, -0.1) is 0 Å². The number of nitrogens with one attached hydrogen (secondary N) is 4. The number of carbonyl (C=O) groups is 11. The molecule has 0 spiro atoms. The third-order valence-corrected chi connectivity index (χ3v) is 15.9. The number of aliphatic hydroxyl groups is 1. The number of hydrogen-bond acceptors (Lipinski definition) is 12. The van der Waals surface area contributed by atoms with Crippen LogP contribution in [0.15, 0.2) is 12.2 Å². The van der Waals surface area contributed by atoms with Crippen LogP contribution < -0.4 is 21.3 Å². The van der Waals surface area contributed by atoms with Gasteiger partial charge in [-0.2, -0.15) is 0 Å². The van der Waals surface area contributed by atoms with Gasteiger partial charge >= 0.3 is 0 Å². The van der Waals surface area contributed by atoms with Gasteiger partial charge in [0.1, 0.15) is 60.4 Å². The SMILES string of the molecule is C/C=C/C[C@@H](C)[C@@H](O)[C@H]1C(=O)N[C@@H](CC)C(=O)N(C)CC(=O)N(C)[C@H](C)C(=O)N[C@@H](C(C)C)C(=O)N(C)[C@@H](CC(C)C)C(=O)N[C@@H](CC)C(=O)N[C@H](C)C(=O)N(C)[C@@H](CC(C)C)C(=O)N(C)[C@@H](CC(C)C)C(=O)N(C)[C@@H](C(C)C)C(=O)N1C. The fourth-order valence-corrected chi connectivity index (χ4v) is 10.3. The second-order valence-electron chi connectivity index (χ2n) is 24.9. The van der Waals surface area contributed by atoms with E-state index in [1.165, 1.54) is 82.8 Å². The van der Waals surface area contributed by atoms with Crippen LogP contribution >= 0.6 is 0 Å². The van der Waals surface area contributed by atoms with Gasteiger partial charge in [0.15, 0.2) is 0 Å². The Kier molecular flexibility index (Phi) is 30.7. The van der Waals surface area contributed by atoms with Crippen LogP contribution in [0, 0.1) is 35.5 Å². The molecule has 23 nitrogen and oxygen atoms in total. The molecule has 1 rings (SSSR count). The molecule has 0 aromatic carbocycles. The molecular formula is C60H107N11O12. The molecule has 23 heteroatoms. The lowest BCUT2D eigenvalue weighted by Gasteiger charge is -2.41. The van der Waals surface area contributed by atoms with Gasteiger partial charge in [-0.3, -0.25) is 52.7 Å². The van der Waals surface area contributed by atoms with E-state index in [2.05, 4.69) is 21.3 Å². The van der Waals surface area contributed by atoms with Crippen LogP contribution in [-0.2, 0) is 52.7 Å². The normalized spacial score (nSPS) is 27.2. The second kappa shape index (κ2) is 34.0. The second-order valence-corrected chi connectivity index (χ2v) is 24.9. The number of aliphatic hydroxyl groups excluding tert-OH is 1. The molecule has 474 valence electrons. The first kappa shape index (κ1) is 74.9. The number of allylic oxidation sites excluding steroid dienone is 2. The van der Waals surface area contributed by atoms with Crippen LogP contribution in [0.4, 0.5) is 0 Å². The largest absolute Gasteiger partial charge is 0.390 e. The molecule has 0 bridgehead atoms. The van der Waals surface area contributed by atoms with Crippen molar-refractivity contribution < 1.29 is 57.8 Å². The van der Waals surface area contributed by atoms with Gasteiger partial charge < -0.3 is 60.7 Å². The predicted octanol–water partition coefficient (Wildman–Crippen LogP) is 2.63. The molecule has 1 fully saturated rings. The molecule has 0 aliphatic carbocycles. The van der Waals surface area contributed by atoms with Crippen LogP contribution in [0.3, 0.4) is 0 Å². The van der Waals surface area contributed by atoms with E-state index in [0.29, 0.717) is 6.42 Å². The van der Waals surface area contributed by atoms with E-state index in [1.54, 1.807) is 67.5 Å². The molecule has 0 aromatic rings. The lowest BCUT2D eigenvalue weighted by Crippen LogP contribution is -2.63. The molecule has 1 aliphatic rings. The topological polar surface area (TPSA) is 279 Å². The zero-order chi connectivity index (χ0) is 64.4. The highest BCUT2D eigenvalue weighted by Crippen LogP contribution is 2.25. The number of amides is 11. The average molecular weight is 1170 g/mol. The Bertz CT molecular complexity index is 2270. The standard InChI is InChI=1S/C60H107N11O12/c1-24-27-28-38(14)50(73)49-54(77)63-42(26-3)56(79)65(17)32-46(72)66(18)40(16)51(74)64-47(36(10)11)59(82)67(19)43(29-33(4)5)53(76)62-41(25-2)52(75)61-39(15)55(78)68(20)44(30-34(6)7)57(80)69(21)45(31-35(8)9)58(81)70(22)48(37(12)13)60(83)71(49)23/h24,27,33-45,47-50,73H,25-26,28-32H2,1-23H3,(H,61,75)(H,62,76)(H,63,77)(H,64,74)/b27-24+/t38-,39-,40-,41+,42+,43+,44+,45+,47+,48+,49+,50-/m1/s1. The number of hydrogen-bond donors (Lipinski definition) is 5. The number of likely N-dealkylation sites (N-methyl/N-ethyl adjacent to an activating group) is 7. The summed E-state index contributed by atoms with van der Waals surface area (Å²) in [5.74, 6) is -9.59. The Morgan fingerprint density at radius 3 is 1.39 bits per heavy atom. The summed E-state index contributed by atoms with van der Waals surface area (Å²) < 4.78 is 0. The molecule has 0 radical (unpaired) electrons. The average Bonchev–Trinajstić information content (AvgIpc) is 3.61. The number of carbonyl (C=O) groups excluding carboxylic acids is 11. The van der Waals surface area contributed by atoms with E-state index in [9.17, 15) is 48.3 Å². The van der Waals surface area contributed by atoms with Gasteiger partial charge in [-0.25, -0.2) is 0 Å². The summed E-state index contributed by atoms with van der Waals surface area (Å²) in [6.45, 7) is 27.3. The minimum absolute atomic E-state index is 0.0235. The Labute approximate surface area is 496 Å². The number of rotatable bonds is 14. The minimum atomic E-state index is -1.61. The first-order valence-corrected chi connectivity index (χ1v) is 29.7. The van der Waals surface area contributed by atoms with Crippen molar-refractivity contribution in [2.75, 3.05) is 55.9 Å². The fourth-order valence-electron chi connectivity index (χ4n) is 10.3. The van der Waals surface area contributed by atoms with Crippen molar-refractivity contribution in [2.24, 2.45) is 35.5 Å². The predicted molar refractivity (Wildman–Crippen MR) is 319 cm³/mol. The molecule has 12 atom stereocenters. The lowest BCUT2D eigenvalue weighted by atomic mass is 9.91. The van der Waals surface area contributed by atoms with Crippen LogP contribution in [-0.4, -0.2) is 227 Å². The highest BCUT2D eigenvalue weighted by molar-refractivity contribution is 5.99. The van der Waals surface area contributed by atoms with Crippen LogP contribution in [0.5, 0.6) is 0 Å². The van der Waals surface area contributed by atoms with Gasteiger partial charge in [0.05, 0.1) is 12.6 Å². The van der Waals surface area contributed by atoms with E-state index in [4.69, 9.17) is 0 Å². The minimum Gasteiger partial charge on any atom is -0.390 e. The first-order valence-electron chi connectivity index (χ1n) is 29.7. The summed E-state index contributed by atoms with van der Waals surface area (Å²) >= 11 is 0. The zero-order valence-corrected chi connectivity index (χ0v) is 54.5. The van der Waals surface area contributed by atoms with Crippen molar-refractivity contribution >= 4 is 65.0 Å². The zero-order valence-electron chi connectivity index (χ0n) is 54.5. The van der Waals surface area contributed by atoms with Crippen LogP contribution in [0.1, 0.15) is 149 Å². The Balaban J connectivity index is 4.26. The maximum absolute atomic E-state index is 15.1. The molecule has 1 aliphatic heterocycles. The van der Waals surface area contributed by atoms with E-state index in [1.807, 2.05) is 41.5 Å². The van der Waals surface area contributed by atoms with Crippen molar-refractivity contribution in [2.45, 2.75) is 216 Å². The van der Waals surface area contributed by atoms with Crippen molar-refractivity contribution in [3.8, 4) is 0 Å². The van der Waals surface area contributed by atoms with Gasteiger partial charge in [-0.05, 0) is 94.8 Å². The van der Waals surface area contributed by atoms with Crippen molar-refractivity contribution in [3.63, 3.8) is 0 Å². The molecule has 83 heavy (non-hydrogen) atoms. The van der Waals surface area contributed by atoms with Gasteiger partial charge in [-0.1, -0.05) is 102 Å². The summed E-state index contributed by atoms with van der Waals surface area (Å²) in [5.41, 5.74) is 0. The first-order chi connectivity index (χ1) is 38.4. The van der Waals surface area contributed by atoms with Gasteiger partial charge in [0, 0.05) is 49.3 Å². The summed E-state index contributed by atoms with van der Waals surface area (Å²) in [5, 5.41) is 23.0. The molecule has 1 saturated heterocycles. The van der Waals surface area contributed by atoms with Crippen molar-refractivity contribution in [1.82, 2.24) is 55.6 Å². The lowest BCUT2D eigenvalue weighted by molar-refractivity contribution is -0.157. The van der Waals surface area contributed by atoms with E-state index >= 15 is 9.59 Å². The highest BCUT2D eigenvalue weighted by atomic mass is 16.3. The van der Waals surface area contributed by atoms with E-state index < -0.39 is 156 Å². The molecule has 0 aromatic heterocycles. The van der Waals surface area contributed by atoms with Crippen molar-refractivity contribution in [3.05, 3.63) is 12.2 Å². The van der Waals surface area contributed by atoms with Gasteiger partial charge in [0.2, 0.25) is 65.0 Å². The molecular weight excluding hydrogens is 1070 g/mol. The van der Waals surface area contributed by atoms with Crippen LogP contribution in [0.25, 0.3) is 0 Å². The maximum Gasteiger partial charge on any atom is 0.246 e. The monoisotopic (exact) mass is 1170 g/mol. The maximum atomic E-state index is 15.1. The number of nitrogens with zero attached hydrogens (tertiary/aromatic N) is 7. The van der Waals surface area contributed by atoms with Crippen molar-refractivity contribution in [1.29, 1.82) is 0 Å².